The Morgan fingerprint density at radius 2 is 2.29 bits per heavy atom. The van der Waals surface area contributed by atoms with Crippen LogP contribution in [0.15, 0.2) is 24.4 Å². The summed E-state index contributed by atoms with van der Waals surface area (Å²) in [7, 11) is 0. The normalized spacial score (nSPS) is 22.3. The van der Waals surface area contributed by atoms with Crippen LogP contribution in [0.3, 0.4) is 0 Å². The van der Waals surface area contributed by atoms with Crippen LogP contribution in [-0.2, 0) is 11.3 Å². The van der Waals surface area contributed by atoms with Gasteiger partial charge in [0.1, 0.15) is 0 Å². The molecule has 1 atom stereocenters. The van der Waals surface area contributed by atoms with Gasteiger partial charge >= 0.3 is 0 Å². The Bertz CT molecular complexity index is 402. The second kappa shape index (κ2) is 7.87. The van der Waals surface area contributed by atoms with Crippen LogP contribution >= 0.6 is 0 Å². The van der Waals surface area contributed by atoms with Crippen molar-refractivity contribution < 1.29 is 4.74 Å². The molecular formula is C17H29N3O. The molecule has 2 heterocycles. The van der Waals surface area contributed by atoms with E-state index in [1.807, 2.05) is 12.3 Å². The molecule has 1 aromatic rings. The second-order valence-electron chi connectivity index (χ2n) is 6.46. The predicted octanol–water partition coefficient (Wildman–Crippen LogP) is 2.31. The molecular weight excluding hydrogens is 262 g/mol. The smallest absolute Gasteiger partial charge is 0.0547 e. The molecule has 2 rings (SSSR count). The van der Waals surface area contributed by atoms with Crippen molar-refractivity contribution in [3.63, 3.8) is 0 Å². The highest BCUT2D eigenvalue weighted by molar-refractivity contribution is 5.03. The summed E-state index contributed by atoms with van der Waals surface area (Å²) in [5, 5.41) is 3.60. The van der Waals surface area contributed by atoms with Gasteiger partial charge < -0.3 is 10.1 Å². The molecule has 4 nitrogen and oxygen atoms in total. The fourth-order valence-corrected chi connectivity index (χ4v) is 2.86. The van der Waals surface area contributed by atoms with Crippen molar-refractivity contribution in [2.24, 2.45) is 5.41 Å². The summed E-state index contributed by atoms with van der Waals surface area (Å²) in [4.78, 5) is 6.93. The van der Waals surface area contributed by atoms with Gasteiger partial charge in [-0.05, 0) is 25.1 Å². The maximum Gasteiger partial charge on any atom is 0.0547 e. The molecule has 1 saturated heterocycles. The molecule has 21 heavy (non-hydrogen) atoms. The zero-order valence-corrected chi connectivity index (χ0v) is 13.6. The van der Waals surface area contributed by atoms with Crippen LogP contribution in [0.5, 0.6) is 0 Å². The molecule has 1 N–H and O–H groups in total. The van der Waals surface area contributed by atoms with Gasteiger partial charge in [0, 0.05) is 43.9 Å². The standard InChI is InChI=1S/C17H29N3O/c1-4-20(11-16-7-5-6-9-18-16)13-17(8-10-21-14-17)12-19-15(2)3/h5-7,9,15,19H,4,8,10-14H2,1-3H3. The maximum atomic E-state index is 5.71. The fourth-order valence-electron chi connectivity index (χ4n) is 2.86. The molecule has 0 spiro atoms. The topological polar surface area (TPSA) is 37.4 Å². The van der Waals surface area contributed by atoms with Crippen molar-refractivity contribution in [2.75, 3.05) is 32.8 Å². The Kier molecular flexibility index (Phi) is 6.15. The molecule has 118 valence electrons. The SMILES string of the molecule is CCN(Cc1ccccn1)CC1(CNC(C)C)CCOC1. The highest BCUT2D eigenvalue weighted by Crippen LogP contribution is 2.29. The maximum absolute atomic E-state index is 5.71. The summed E-state index contributed by atoms with van der Waals surface area (Å²) in [6.45, 7) is 12.4. The van der Waals surface area contributed by atoms with Crippen LogP contribution in [0.1, 0.15) is 32.9 Å². The number of nitrogens with one attached hydrogen (secondary N) is 1. The van der Waals surface area contributed by atoms with Crippen molar-refractivity contribution in [3.8, 4) is 0 Å². The number of hydrogen-bond donors (Lipinski definition) is 1. The molecule has 0 aromatic carbocycles. The molecule has 0 saturated carbocycles. The largest absolute Gasteiger partial charge is 0.381 e. The van der Waals surface area contributed by atoms with E-state index in [0.29, 0.717) is 6.04 Å². The van der Waals surface area contributed by atoms with E-state index >= 15 is 0 Å². The van der Waals surface area contributed by atoms with E-state index < -0.39 is 0 Å². The lowest BCUT2D eigenvalue weighted by Gasteiger charge is -2.34. The predicted molar refractivity (Wildman–Crippen MR) is 86.2 cm³/mol. The van der Waals surface area contributed by atoms with Gasteiger partial charge in [0.05, 0.1) is 12.3 Å². The van der Waals surface area contributed by atoms with Crippen LogP contribution in [0, 0.1) is 5.41 Å². The molecule has 0 bridgehead atoms. The molecule has 1 fully saturated rings. The van der Waals surface area contributed by atoms with Crippen molar-refractivity contribution >= 4 is 0 Å². The molecule has 1 aliphatic rings. The fraction of sp³-hybridized carbons (Fsp3) is 0.706. The lowest BCUT2D eigenvalue weighted by Crippen LogP contribution is -2.46. The second-order valence-corrected chi connectivity index (χ2v) is 6.46. The number of pyridine rings is 1. The average Bonchev–Trinajstić information content (AvgIpc) is 2.94. The van der Waals surface area contributed by atoms with E-state index in [9.17, 15) is 0 Å². The zero-order chi connectivity index (χ0) is 15.1. The Morgan fingerprint density at radius 1 is 1.43 bits per heavy atom. The van der Waals surface area contributed by atoms with Crippen molar-refractivity contribution in [1.29, 1.82) is 0 Å². The van der Waals surface area contributed by atoms with Crippen molar-refractivity contribution in [1.82, 2.24) is 15.2 Å². The molecule has 0 radical (unpaired) electrons. The van der Waals surface area contributed by atoms with Crippen LogP contribution in [-0.4, -0.2) is 48.8 Å². The van der Waals surface area contributed by atoms with Crippen LogP contribution in [0.4, 0.5) is 0 Å². The molecule has 4 heteroatoms. The summed E-state index contributed by atoms with van der Waals surface area (Å²) in [5.41, 5.74) is 1.39. The average molecular weight is 291 g/mol. The first-order valence-corrected chi connectivity index (χ1v) is 8.07. The first-order chi connectivity index (χ1) is 10.1. The Labute approximate surface area is 128 Å². The van der Waals surface area contributed by atoms with Gasteiger partial charge in [0.15, 0.2) is 0 Å². The van der Waals surface area contributed by atoms with Gasteiger partial charge in [-0.15, -0.1) is 0 Å². The molecule has 1 unspecified atom stereocenters. The summed E-state index contributed by atoms with van der Waals surface area (Å²) in [6.07, 6.45) is 3.02. The Morgan fingerprint density at radius 3 is 2.86 bits per heavy atom. The third-order valence-electron chi connectivity index (χ3n) is 4.19. The highest BCUT2D eigenvalue weighted by atomic mass is 16.5. The van der Waals surface area contributed by atoms with Crippen LogP contribution in [0.25, 0.3) is 0 Å². The number of nitrogens with zero attached hydrogens (tertiary/aromatic N) is 2. The highest BCUT2D eigenvalue weighted by Gasteiger charge is 2.36. The first-order valence-electron chi connectivity index (χ1n) is 8.07. The van der Waals surface area contributed by atoms with E-state index in [1.54, 1.807) is 0 Å². The number of ether oxygens (including phenoxy) is 1. The summed E-state index contributed by atoms with van der Waals surface area (Å²) >= 11 is 0. The van der Waals surface area contributed by atoms with E-state index in [-0.39, 0.29) is 5.41 Å². The number of rotatable bonds is 8. The summed E-state index contributed by atoms with van der Waals surface area (Å²) < 4.78 is 5.71. The van der Waals surface area contributed by atoms with Crippen LogP contribution < -0.4 is 5.32 Å². The molecule has 1 aliphatic heterocycles. The van der Waals surface area contributed by atoms with Gasteiger partial charge in [-0.2, -0.15) is 0 Å². The Balaban J connectivity index is 1.96. The van der Waals surface area contributed by atoms with Crippen LogP contribution in [0.2, 0.25) is 0 Å². The van der Waals surface area contributed by atoms with Gasteiger partial charge in [0.2, 0.25) is 0 Å². The van der Waals surface area contributed by atoms with Gasteiger partial charge in [0.25, 0.3) is 0 Å². The van der Waals surface area contributed by atoms with Crippen molar-refractivity contribution in [3.05, 3.63) is 30.1 Å². The minimum atomic E-state index is 0.245. The minimum absolute atomic E-state index is 0.245. The van der Waals surface area contributed by atoms with E-state index in [1.165, 1.54) is 0 Å². The van der Waals surface area contributed by atoms with E-state index in [0.717, 1.165) is 51.5 Å². The van der Waals surface area contributed by atoms with E-state index in [2.05, 4.69) is 48.1 Å². The summed E-state index contributed by atoms with van der Waals surface area (Å²) in [5.74, 6) is 0. The van der Waals surface area contributed by atoms with E-state index in [4.69, 9.17) is 4.74 Å². The number of hydrogen-bond acceptors (Lipinski definition) is 4. The van der Waals surface area contributed by atoms with Gasteiger partial charge in [-0.25, -0.2) is 0 Å². The lowest BCUT2D eigenvalue weighted by atomic mass is 9.86. The first kappa shape index (κ1) is 16.4. The monoisotopic (exact) mass is 291 g/mol. The zero-order valence-electron chi connectivity index (χ0n) is 13.6. The molecule has 0 aliphatic carbocycles. The Hall–Kier alpha value is -0.970. The van der Waals surface area contributed by atoms with Crippen molar-refractivity contribution in [2.45, 2.75) is 39.8 Å². The quantitative estimate of drug-likeness (QED) is 0.797. The number of aromatic nitrogens is 1. The van der Waals surface area contributed by atoms with Gasteiger partial charge in [-0.1, -0.05) is 26.8 Å². The minimum Gasteiger partial charge on any atom is -0.381 e. The third kappa shape index (κ3) is 5.06. The molecule has 0 amide bonds. The lowest BCUT2D eigenvalue weighted by molar-refractivity contribution is 0.105. The summed E-state index contributed by atoms with van der Waals surface area (Å²) in [6, 6.07) is 6.66. The third-order valence-corrected chi connectivity index (χ3v) is 4.19. The van der Waals surface area contributed by atoms with Gasteiger partial charge in [-0.3, -0.25) is 9.88 Å². The molecule has 1 aromatic heterocycles.